The minimum Gasteiger partial charge on any atom is -0.490 e. The highest BCUT2D eigenvalue weighted by molar-refractivity contribution is 5.95. The van der Waals surface area contributed by atoms with Crippen LogP contribution in [-0.4, -0.2) is 56.5 Å². The fraction of sp³-hybridized carbons (Fsp3) is 0.270. The van der Waals surface area contributed by atoms with Gasteiger partial charge in [-0.25, -0.2) is 9.59 Å². The molecule has 0 bridgehead atoms. The summed E-state index contributed by atoms with van der Waals surface area (Å²) in [4.78, 5) is 24.7. The van der Waals surface area contributed by atoms with E-state index in [1.807, 2.05) is 56.3 Å². The zero-order valence-electron chi connectivity index (χ0n) is 27.8. The van der Waals surface area contributed by atoms with Gasteiger partial charge in [0, 0.05) is 5.70 Å². The Bertz CT molecular complexity index is 1850. The van der Waals surface area contributed by atoms with Gasteiger partial charge in [-0.15, -0.1) is 0 Å². The first-order chi connectivity index (χ1) is 23.8. The molecule has 49 heavy (non-hydrogen) atoms. The molecule has 12 nitrogen and oxygen atoms in total. The van der Waals surface area contributed by atoms with Crippen molar-refractivity contribution >= 4 is 29.0 Å². The zero-order chi connectivity index (χ0) is 34.8. The number of methoxy groups -OCH3 is 1. The van der Waals surface area contributed by atoms with Crippen molar-refractivity contribution in [2.45, 2.75) is 39.6 Å². The number of nitrogens with one attached hydrogen (secondary N) is 3. The second-order valence-corrected chi connectivity index (χ2v) is 11.0. The van der Waals surface area contributed by atoms with E-state index in [2.05, 4.69) is 39.4 Å². The van der Waals surface area contributed by atoms with Crippen molar-refractivity contribution in [3.8, 4) is 23.0 Å². The van der Waals surface area contributed by atoms with E-state index in [1.54, 1.807) is 31.3 Å². The van der Waals surface area contributed by atoms with Crippen LogP contribution in [0.15, 0.2) is 95.2 Å². The number of carbonyl (C=O) groups is 2. The second-order valence-electron chi connectivity index (χ2n) is 11.0. The molecular weight excluding hydrogens is 628 g/mol. The quantitative estimate of drug-likeness (QED) is 0.0570. The summed E-state index contributed by atoms with van der Waals surface area (Å²) in [7, 11) is 1.28. The van der Waals surface area contributed by atoms with Gasteiger partial charge >= 0.3 is 12.0 Å². The third kappa shape index (κ3) is 8.59. The zero-order valence-corrected chi connectivity index (χ0v) is 27.8. The molecule has 256 valence electrons. The number of ether oxygens (including phenoxy) is 5. The first-order valence-electron chi connectivity index (χ1n) is 15.9. The lowest BCUT2D eigenvalue weighted by atomic mass is 9.95. The molecular formula is C37H40N4O8. The van der Waals surface area contributed by atoms with E-state index in [-0.39, 0.29) is 12.2 Å². The summed E-state index contributed by atoms with van der Waals surface area (Å²) in [6.07, 6.45) is 0.405. The average molecular weight is 669 g/mol. The van der Waals surface area contributed by atoms with E-state index in [4.69, 9.17) is 23.7 Å². The van der Waals surface area contributed by atoms with Gasteiger partial charge in [-0.05, 0) is 78.6 Å². The van der Waals surface area contributed by atoms with Crippen molar-refractivity contribution in [1.82, 2.24) is 16.1 Å². The third-order valence-corrected chi connectivity index (χ3v) is 7.64. The number of aliphatic hydroxyl groups excluding tert-OH is 1. The highest BCUT2D eigenvalue weighted by atomic mass is 16.5. The number of hydrogen-bond donors (Lipinski definition) is 4. The van der Waals surface area contributed by atoms with Crippen molar-refractivity contribution in [1.29, 1.82) is 0 Å². The van der Waals surface area contributed by atoms with Gasteiger partial charge in [0.1, 0.15) is 13.2 Å². The highest BCUT2D eigenvalue weighted by Gasteiger charge is 2.32. The van der Waals surface area contributed by atoms with Crippen LogP contribution in [0.1, 0.15) is 43.5 Å². The molecule has 0 spiro atoms. The van der Waals surface area contributed by atoms with Crippen LogP contribution in [-0.2, 0) is 16.1 Å². The summed E-state index contributed by atoms with van der Waals surface area (Å²) in [5, 5.41) is 22.3. The van der Waals surface area contributed by atoms with E-state index in [0.717, 1.165) is 21.9 Å². The molecule has 1 aliphatic rings. The number of hydrazone groups is 1. The second kappa shape index (κ2) is 16.4. The summed E-state index contributed by atoms with van der Waals surface area (Å²) in [6, 6.07) is 23.6. The number of amides is 2. The van der Waals surface area contributed by atoms with Gasteiger partial charge in [0.05, 0.1) is 38.2 Å². The van der Waals surface area contributed by atoms with Crippen LogP contribution in [0.4, 0.5) is 4.79 Å². The summed E-state index contributed by atoms with van der Waals surface area (Å²) in [5.74, 6) is 1.35. The van der Waals surface area contributed by atoms with Gasteiger partial charge in [0.15, 0.2) is 29.2 Å². The van der Waals surface area contributed by atoms with Gasteiger partial charge in [-0.3, -0.25) is 5.43 Å². The normalized spacial score (nSPS) is 15.0. The number of benzene rings is 4. The lowest BCUT2D eigenvalue weighted by Crippen LogP contribution is -2.45. The first-order valence-corrected chi connectivity index (χ1v) is 15.9. The monoisotopic (exact) mass is 668 g/mol. The SMILES string of the molecule is CCOc1cc(/C=N\N[C@@H](O)COc2ccc([C@@H]3NC(=O)NC(C)=C3C(=O)OC)cc2OCC)ccc1OCc1cccc2ccccc12. The summed E-state index contributed by atoms with van der Waals surface area (Å²) in [5.41, 5.74) is 5.71. The summed E-state index contributed by atoms with van der Waals surface area (Å²) in [6.45, 7) is 6.37. The lowest BCUT2D eigenvalue weighted by Gasteiger charge is -2.28. The fourth-order valence-electron chi connectivity index (χ4n) is 5.39. The number of nitrogens with zero attached hydrogens (tertiary/aromatic N) is 1. The molecule has 4 aromatic rings. The third-order valence-electron chi connectivity index (χ3n) is 7.64. The van der Waals surface area contributed by atoms with Crippen LogP contribution in [0, 0.1) is 0 Å². The van der Waals surface area contributed by atoms with E-state index >= 15 is 0 Å². The highest BCUT2D eigenvalue weighted by Crippen LogP contribution is 2.35. The van der Waals surface area contributed by atoms with Crippen LogP contribution in [0.3, 0.4) is 0 Å². The maximum absolute atomic E-state index is 12.5. The van der Waals surface area contributed by atoms with Gasteiger partial charge in [-0.2, -0.15) is 5.10 Å². The van der Waals surface area contributed by atoms with Gasteiger partial charge in [-0.1, -0.05) is 48.5 Å². The van der Waals surface area contributed by atoms with Gasteiger partial charge < -0.3 is 39.4 Å². The number of aliphatic hydroxyl groups is 1. The van der Waals surface area contributed by atoms with Crippen molar-refractivity contribution in [2.75, 3.05) is 26.9 Å². The van der Waals surface area contributed by atoms with Crippen LogP contribution in [0.5, 0.6) is 23.0 Å². The molecule has 12 heteroatoms. The lowest BCUT2D eigenvalue weighted by molar-refractivity contribution is -0.136. The first kappa shape index (κ1) is 34.6. The van der Waals surface area contributed by atoms with Gasteiger partial charge in [0.2, 0.25) is 0 Å². The Morgan fingerprint density at radius 2 is 1.63 bits per heavy atom. The minimum atomic E-state index is -1.15. The standard InChI is InChI=1S/C37H40N4O8/c1-5-46-31-18-24(14-16-29(31)48-21-27-12-9-11-25-10-7-8-13-28(25)27)20-38-41-33(42)22-49-30-17-15-26(19-32(30)47-6-2)35-34(36(43)45-4)23(3)39-37(44)40-35/h7-20,33,35,41-42H,5-6,21-22H2,1-4H3,(H2,39,40,44)/b38-20-/t33-,35-/m0/s1. The molecule has 0 saturated heterocycles. The average Bonchev–Trinajstić information content (AvgIpc) is 3.10. The van der Waals surface area contributed by atoms with E-state index < -0.39 is 24.3 Å². The number of hydrogen-bond acceptors (Lipinski definition) is 10. The Hall–Kier alpha value is -5.75. The number of rotatable bonds is 15. The Labute approximate surface area is 284 Å². The molecule has 0 aliphatic carbocycles. The van der Waals surface area contributed by atoms with Crippen LogP contribution < -0.4 is 35.0 Å². The Morgan fingerprint density at radius 1 is 0.918 bits per heavy atom. The molecule has 5 rings (SSSR count). The molecule has 1 heterocycles. The molecule has 2 atom stereocenters. The molecule has 1 aliphatic heterocycles. The summed E-state index contributed by atoms with van der Waals surface area (Å²) >= 11 is 0. The maximum atomic E-state index is 12.5. The molecule has 0 unspecified atom stereocenters. The molecule has 2 amide bonds. The molecule has 0 saturated carbocycles. The fourth-order valence-corrected chi connectivity index (χ4v) is 5.39. The van der Waals surface area contributed by atoms with Crippen molar-refractivity contribution in [3.05, 3.63) is 107 Å². The number of allylic oxidation sites excluding steroid dienone is 1. The van der Waals surface area contributed by atoms with Gasteiger partial charge in [0.25, 0.3) is 0 Å². The van der Waals surface area contributed by atoms with E-state index in [9.17, 15) is 14.7 Å². The Kier molecular flexibility index (Phi) is 11.6. The topological polar surface area (TPSA) is 149 Å². The molecule has 0 radical (unpaired) electrons. The number of fused-ring (bicyclic) bond motifs is 1. The van der Waals surface area contributed by atoms with Crippen molar-refractivity contribution in [3.63, 3.8) is 0 Å². The predicted octanol–water partition coefficient (Wildman–Crippen LogP) is 5.34. The van der Waals surface area contributed by atoms with Crippen LogP contribution in [0.2, 0.25) is 0 Å². The van der Waals surface area contributed by atoms with Crippen LogP contribution in [0.25, 0.3) is 10.8 Å². The van der Waals surface area contributed by atoms with Crippen molar-refractivity contribution in [2.24, 2.45) is 5.10 Å². The van der Waals surface area contributed by atoms with Crippen molar-refractivity contribution < 1.29 is 38.4 Å². The largest absolute Gasteiger partial charge is 0.490 e. The molecule has 0 fully saturated rings. The number of carbonyl (C=O) groups excluding carboxylic acids is 2. The number of urea groups is 1. The summed E-state index contributed by atoms with van der Waals surface area (Å²) < 4.78 is 28.6. The van der Waals surface area contributed by atoms with Crippen LogP contribution >= 0.6 is 0 Å². The minimum absolute atomic E-state index is 0.154. The maximum Gasteiger partial charge on any atom is 0.337 e. The Balaban J connectivity index is 1.20. The smallest absolute Gasteiger partial charge is 0.337 e. The molecule has 4 N–H and O–H groups in total. The molecule has 4 aromatic carbocycles. The molecule has 0 aromatic heterocycles. The Morgan fingerprint density at radius 3 is 2.41 bits per heavy atom. The van der Waals surface area contributed by atoms with E-state index in [0.29, 0.717) is 54.1 Å². The predicted molar refractivity (Wildman–Crippen MR) is 185 cm³/mol. The van der Waals surface area contributed by atoms with E-state index in [1.165, 1.54) is 7.11 Å². The number of esters is 1.